The third-order valence-electron chi connectivity index (χ3n) is 13.1. The van der Waals surface area contributed by atoms with Crippen molar-refractivity contribution in [1.82, 2.24) is 4.37 Å². The standard InChI is InChI=1S/C53H82N5S/c1-9-17-22-35-56(36-23-18-10-2)45-31-27-43(28-32-45)48-49-42(15-7)40-58(39-41(14-6)26-21-13-5)54-52(49)50(53-51(48)47(16-8)59-55-53)44-29-33-46(34-30-44)57(37-24-19-11-3)38-25-20-12-4/h27-34,41-42H,9-26,35-40H2,1-8H3/q+1. The first-order valence-electron chi connectivity index (χ1n) is 24.6. The van der Waals surface area contributed by atoms with Crippen LogP contribution in [0.1, 0.15) is 181 Å². The Morgan fingerprint density at radius 3 is 1.56 bits per heavy atom. The summed E-state index contributed by atoms with van der Waals surface area (Å²) in [5, 5.41) is 7.12. The number of nitrogens with zero attached hydrogens (tertiary/aromatic N) is 5. The molecule has 0 aliphatic carbocycles. The maximum atomic E-state index is 5.75. The van der Waals surface area contributed by atoms with Crippen LogP contribution in [-0.2, 0) is 6.42 Å². The van der Waals surface area contributed by atoms with E-state index in [4.69, 9.17) is 9.49 Å². The Morgan fingerprint density at radius 1 is 0.627 bits per heavy atom. The summed E-state index contributed by atoms with van der Waals surface area (Å²) in [4.78, 5) is 6.68. The van der Waals surface area contributed by atoms with Crippen molar-refractivity contribution in [2.24, 2.45) is 11.0 Å². The van der Waals surface area contributed by atoms with Crippen molar-refractivity contribution >= 4 is 39.5 Å². The molecule has 0 bridgehead atoms. The zero-order valence-corrected chi connectivity index (χ0v) is 39.7. The van der Waals surface area contributed by atoms with Crippen LogP contribution in [0.2, 0.25) is 0 Å². The van der Waals surface area contributed by atoms with Gasteiger partial charge in [0.1, 0.15) is 5.69 Å². The molecule has 0 radical (unpaired) electrons. The summed E-state index contributed by atoms with van der Waals surface area (Å²) in [5.74, 6) is 1.05. The van der Waals surface area contributed by atoms with Gasteiger partial charge in [-0.2, -0.15) is 4.37 Å². The van der Waals surface area contributed by atoms with Gasteiger partial charge in [-0.05, 0) is 109 Å². The van der Waals surface area contributed by atoms with E-state index in [1.54, 1.807) is 11.5 Å². The Morgan fingerprint density at radius 2 is 1.12 bits per heavy atom. The summed E-state index contributed by atoms with van der Waals surface area (Å²) in [6.45, 7) is 25.2. The van der Waals surface area contributed by atoms with Gasteiger partial charge in [0.2, 0.25) is 0 Å². The number of benzene rings is 3. The first-order chi connectivity index (χ1) is 29.0. The van der Waals surface area contributed by atoms with Crippen molar-refractivity contribution in [3.8, 4) is 22.3 Å². The second-order valence-corrected chi connectivity index (χ2v) is 18.4. The van der Waals surface area contributed by atoms with Gasteiger partial charge in [0.05, 0.1) is 5.52 Å². The molecule has 2 atom stereocenters. The molecule has 5 nitrogen and oxygen atoms in total. The maximum absolute atomic E-state index is 5.75. The molecule has 1 aliphatic rings. The summed E-state index contributed by atoms with van der Waals surface area (Å²) in [7, 11) is 0. The Balaban J connectivity index is 1.69. The molecule has 2 heterocycles. The van der Waals surface area contributed by atoms with Crippen LogP contribution in [0.5, 0.6) is 0 Å². The fourth-order valence-corrected chi connectivity index (χ4v) is 10.2. The lowest BCUT2D eigenvalue weighted by Crippen LogP contribution is -2.27. The molecule has 5 rings (SSSR count). The van der Waals surface area contributed by atoms with E-state index in [0.29, 0.717) is 11.8 Å². The topological polar surface area (TPSA) is 34.7 Å². The van der Waals surface area contributed by atoms with E-state index < -0.39 is 0 Å². The Hall–Kier alpha value is -3.25. The maximum Gasteiger partial charge on any atom is 0.175 e. The van der Waals surface area contributed by atoms with E-state index in [1.165, 1.54) is 158 Å². The first-order valence-corrected chi connectivity index (χ1v) is 25.4. The minimum atomic E-state index is 0.389. The highest BCUT2D eigenvalue weighted by atomic mass is 32.1. The monoisotopic (exact) mass is 821 g/mol. The lowest BCUT2D eigenvalue weighted by atomic mass is 9.81. The third-order valence-corrected chi connectivity index (χ3v) is 14.1. The lowest BCUT2D eigenvalue weighted by Gasteiger charge is -2.28. The van der Waals surface area contributed by atoms with Gasteiger partial charge >= 0.3 is 0 Å². The fraction of sp³-hybridized carbons (Fsp3) is 0.642. The van der Waals surface area contributed by atoms with Crippen molar-refractivity contribution in [2.45, 2.75) is 177 Å². The quantitative estimate of drug-likeness (QED) is 0.0423. The van der Waals surface area contributed by atoms with Crippen LogP contribution in [0.15, 0.2) is 53.6 Å². The molecule has 1 aliphatic heterocycles. The summed E-state index contributed by atoms with van der Waals surface area (Å²) < 4.78 is 7.85. The fourth-order valence-electron chi connectivity index (χ4n) is 9.39. The molecule has 3 aromatic carbocycles. The highest BCUT2D eigenvalue weighted by Crippen LogP contribution is 2.53. The molecule has 324 valence electrons. The number of unbranched alkanes of at least 4 members (excludes halogenated alkanes) is 9. The number of aromatic nitrogens is 1. The zero-order chi connectivity index (χ0) is 42.0. The van der Waals surface area contributed by atoms with E-state index in [2.05, 4.69) is 118 Å². The largest absolute Gasteiger partial charge is 0.372 e. The zero-order valence-electron chi connectivity index (χ0n) is 38.9. The van der Waals surface area contributed by atoms with Crippen LogP contribution >= 0.6 is 11.5 Å². The average Bonchev–Trinajstić information content (AvgIpc) is 3.69. The molecular formula is C53H82N5S+. The summed E-state index contributed by atoms with van der Waals surface area (Å²) >= 11 is 1.71. The highest BCUT2D eigenvalue weighted by molar-refractivity contribution is 7.07. The van der Waals surface area contributed by atoms with E-state index >= 15 is 0 Å². The van der Waals surface area contributed by atoms with Crippen LogP contribution in [0.3, 0.4) is 0 Å². The molecule has 59 heavy (non-hydrogen) atoms. The van der Waals surface area contributed by atoms with E-state index in [9.17, 15) is 0 Å². The van der Waals surface area contributed by atoms with E-state index in [-0.39, 0.29) is 0 Å². The van der Waals surface area contributed by atoms with Crippen molar-refractivity contribution < 1.29 is 4.70 Å². The van der Waals surface area contributed by atoms with Crippen molar-refractivity contribution in [3.63, 3.8) is 0 Å². The van der Waals surface area contributed by atoms with Crippen LogP contribution in [-0.4, -0.2) is 48.3 Å². The lowest BCUT2D eigenvalue weighted by molar-refractivity contribution is -0.601. The molecule has 0 N–H and O–H groups in total. The Labute approximate surface area is 365 Å². The third kappa shape index (κ3) is 12.2. The SMILES string of the molecule is CCCCCN(CCCCC)c1ccc(-c2c3c(c(-c4ccc(N(CCCCC)CCCCC)cc4)c4c(CC)snc24)C(CC)C[N+](CC(CC)CCCC)=N3)cc1. The molecule has 0 saturated heterocycles. The van der Waals surface area contributed by atoms with E-state index in [0.717, 1.165) is 57.6 Å². The summed E-state index contributed by atoms with van der Waals surface area (Å²) in [6, 6.07) is 19.3. The molecule has 0 amide bonds. The smallest absolute Gasteiger partial charge is 0.175 e. The molecule has 4 aromatic rings. The van der Waals surface area contributed by atoms with Crippen LogP contribution in [0.25, 0.3) is 33.2 Å². The molecule has 0 fully saturated rings. The van der Waals surface area contributed by atoms with E-state index in [1.807, 2.05) is 0 Å². The molecule has 6 heteroatoms. The molecular weight excluding hydrogens is 739 g/mol. The number of aryl methyl sites for hydroxylation is 1. The van der Waals surface area contributed by atoms with Gasteiger partial charge in [-0.3, -0.25) is 0 Å². The van der Waals surface area contributed by atoms with Crippen LogP contribution in [0.4, 0.5) is 17.1 Å². The average molecular weight is 821 g/mol. The highest BCUT2D eigenvalue weighted by Gasteiger charge is 2.36. The number of hydrogen-bond acceptors (Lipinski definition) is 5. The number of hydrogen-bond donors (Lipinski definition) is 0. The number of anilines is 2. The van der Waals surface area contributed by atoms with Crippen molar-refractivity contribution in [3.05, 3.63) is 59.0 Å². The number of rotatable bonds is 28. The van der Waals surface area contributed by atoms with Gasteiger partial charge in [0.25, 0.3) is 0 Å². The second kappa shape index (κ2) is 24.9. The summed E-state index contributed by atoms with van der Waals surface area (Å²) in [6.07, 6.45) is 22.3. The minimum Gasteiger partial charge on any atom is -0.372 e. The minimum absolute atomic E-state index is 0.389. The molecule has 0 spiro atoms. The first kappa shape index (κ1) is 46.8. The van der Waals surface area contributed by atoms with Crippen molar-refractivity contribution in [1.29, 1.82) is 0 Å². The molecule has 1 aromatic heterocycles. The Bertz CT molecular complexity index is 1820. The second-order valence-electron chi connectivity index (χ2n) is 17.6. The Kier molecular flexibility index (Phi) is 19.7. The van der Waals surface area contributed by atoms with Gasteiger partial charge in [0.15, 0.2) is 13.1 Å². The number of azo groups is 2. The van der Waals surface area contributed by atoms with Crippen LogP contribution < -0.4 is 9.80 Å². The predicted octanol–water partition coefficient (Wildman–Crippen LogP) is 16.4. The van der Waals surface area contributed by atoms with Gasteiger partial charge in [-0.25, -0.2) is 0 Å². The van der Waals surface area contributed by atoms with Gasteiger partial charge in [-0.15, -0.1) is 4.70 Å². The summed E-state index contributed by atoms with van der Waals surface area (Å²) in [5.41, 5.74) is 11.7. The van der Waals surface area contributed by atoms with Gasteiger partial charge in [0, 0.05) is 70.8 Å². The predicted molar refractivity (Wildman–Crippen MR) is 261 cm³/mol. The van der Waals surface area contributed by atoms with Gasteiger partial charge < -0.3 is 9.80 Å². The molecule has 2 unspecified atom stereocenters. The normalized spacial score (nSPS) is 14.4. The van der Waals surface area contributed by atoms with Gasteiger partial charge in [-0.1, -0.05) is 144 Å². The molecule has 0 saturated carbocycles. The van der Waals surface area contributed by atoms with Crippen LogP contribution in [0, 0.1) is 5.92 Å². The number of fused-ring (bicyclic) bond motifs is 2. The van der Waals surface area contributed by atoms with Crippen molar-refractivity contribution in [2.75, 3.05) is 49.1 Å².